The molecule has 96 valence electrons. The SMILES string of the molecule is OB(O)c1ccc2ccc3cc4occc4cc3c2c1. The van der Waals surface area contributed by atoms with Crippen LogP contribution in [0.15, 0.2) is 59.2 Å². The largest absolute Gasteiger partial charge is 0.488 e. The lowest BCUT2D eigenvalue weighted by Crippen LogP contribution is -2.29. The van der Waals surface area contributed by atoms with Crippen LogP contribution in [0.1, 0.15) is 0 Å². The maximum absolute atomic E-state index is 9.33. The Morgan fingerprint density at radius 3 is 2.35 bits per heavy atom. The Morgan fingerprint density at radius 1 is 0.750 bits per heavy atom. The summed E-state index contributed by atoms with van der Waals surface area (Å²) < 4.78 is 5.42. The van der Waals surface area contributed by atoms with Crippen molar-refractivity contribution >= 4 is 45.1 Å². The average Bonchev–Trinajstić information content (AvgIpc) is 2.91. The summed E-state index contributed by atoms with van der Waals surface area (Å²) in [5, 5.41) is 24.0. The third-order valence-electron chi connectivity index (χ3n) is 3.73. The quantitative estimate of drug-likeness (QED) is 0.409. The van der Waals surface area contributed by atoms with Gasteiger partial charge in [-0.3, -0.25) is 0 Å². The van der Waals surface area contributed by atoms with Gasteiger partial charge in [0.15, 0.2) is 0 Å². The van der Waals surface area contributed by atoms with Crippen LogP contribution in [0, 0.1) is 0 Å². The minimum atomic E-state index is -1.45. The molecule has 0 aliphatic rings. The molecule has 4 aromatic rings. The van der Waals surface area contributed by atoms with Crippen molar-refractivity contribution in [3.8, 4) is 0 Å². The van der Waals surface area contributed by atoms with Gasteiger partial charge in [-0.2, -0.15) is 0 Å². The number of hydrogen-bond acceptors (Lipinski definition) is 3. The Balaban J connectivity index is 2.16. The van der Waals surface area contributed by atoms with Gasteiger partial charge in [0.05, 0.1) is 6.26 Å². The van der Waals surface area contributed by atoms with Gasteiger partial charge in [-0.15, -0.1) is 0 Å². The Kier molecular flexibility index (Phi) is 2.36. The third-order valence-corrected chi connectivity index (χ3v) is 3.73. The summed E-state index contributed by atoms with van der Waals surface area (Å²) in [4.78, 5) is 0. The number of hydrogen-bond donors (Lipinski definition) is 2. The molecule has 0 unspecified atom stereocenters. The van der Waals surface area contributed by atoms with E-state index in [1.165, 1.54) is 0 Å². The smallest absolute Gasteiger partial charge is 0.464 e. The van der Waals surface area contributed by atoms with Crippen molar-refractivity contribution in [3.05, 3.63) is 54.8 Å². The molecule has 0 amide bonds. The van der Waals surface area contributed by atoms with E-state index in [0.29, 0.717) is 5.46 Å². The lowest BCUT2D eigenvalue weighted by Gasteiger charge is -2.07. The van der Waals surface area contributed by atoms with Gasteiger partial charge in [0.25, 0.3) is 0 Å². The fourth-order valence-electron chi connectivity index (χ4n) is 2.69. The van der Waals surface area contributed by atoms with Crippen molar-refractivity contribution < 1.29 is 14.5 Å². The zero-order valence-corrected chi connectivity index (χ0v) is 10.6. The van der Waals surface area contributed by atoms with Gasteiger partial charge in [-0.1, -0.05) is 30.3 Å². The van der Waals surface area contributed by atoms with Crippen LogP contribution < -0.4 is 5.46 Å². The summed E-state index contributed by atoms with van der Waals surface area (Å²) in [6, 6.07) is 15.6. The van der Waals surface area contributed by atoms with Crippen molar-refractivity contribution in [3.63, 3.8) is 0 Å². The molecule has 0 aliphatic carbocycles. The molecule has 0 aliphatic heterocycles. The van der Waals surface area contributed by atoms with Gasteiger partial charge >= 0.3 is 7.12 Å². The fraction of sp³-hybridized carbons (Fsp3) is 0. The molecule has 0 fully saturated rings. The molecular formula is C16H11BO3. The van der Waals surface area contributed by atoms with Gasteiger partial charge in [-0.25, -0.2) is 0 Å². The van der Waals surface area contributed by atoms with Gasteiger partial charge in [0, 0.05) is 5.39 Å². The normalized spacial score (nSPS) is 11.5. The summed E-state index contributed by atoms with van der Waals surface area (Å²) in [7, 11) is -1.45. The second-order valence-corrected chi connectivity index (χ2v) is 4.95. The highest BCUT2D eigenvalue weighted by Gasteiger charge is 2.12. The van der Waals surface area contributed by atoms with E-state index in [4.69, 9.17) is 4.42 Å². The predicted octanol–water partition coefficient (Wildman–Crippen LogP) is 2.42. The van der Waals surface area contributed by atoms with E-state index >= 15 is 0 Å². The molecular weight excluding hydrogens is 251 g/mol. The molecule has 4 rings (SSSR count). The van der Waals surface area contributed by atoms with Gasteiger partial charge < -0.3 is 14.5 Å². The summed E-state index contributed by atoms with van der Waals surface area (Å²) in [5.41, 5.74) is 1.35. The number of furan rings is 1. The van der Waals surface area contributed by atoms with Crippen LogP contribution in [-0.4, -0.2) is 17.2 Å². The van der Waals surface area contributed by atoms with E-state index in [1.807, 2.05) is 30.3 Å². The van der Waals surface area contributed by atoms with E-state index in [0.717, 1.165) is 32.5 Å². The first-order chi connectivity index (χ1) is 9.72. The first-order valence-electron chi connectivity index (χ1n) is 6.42. The molecule has 0 saturated carbocycles. The molecule has 20 heavy (non-hydrogen) atoms. The van der Waals surface area contributed by atoms with Crippen molar-refractivity contribution in [1.82, 2.24) is 0 Å². The van der Waals surface area contributed by atoms with Crippen molar-refractivity contribution in [1.29, 1.82) is 0 Å². The van der Waals surface area contributed by atoms with E-state index < -0.39 is 7.12 Å². The summed E-state index contributed by atoms with van der Waals surface area (Å²) in [5.74, 6) is 0. The van der Waals surface area contributed by atoms with Crippen LogP contribution in [0.2, 0.25) is 0 Å². The maximum Gasteiger partial charge on any atom is 0.488 e. The van der Waals surface area contributed by atoms with Crippen LogP contribution in [-0.2, 0) is 0 Å². The van der Waals surface area contributed by atoms with E-state index in [2.05, 4.69) is 12.1 Å². The number of fused-ring (bicyclic) bond motifs is 4. The van der Waals surface area contributed by atoms with Crippen molar-refractivity contribution in [2.75, 3.05) is 0 Å². The standard InChI is InChI=1S/C16H11BO3/c18-17(19)13-4-3-10-1-2-11-8-16-12(5-6-20-16)7-14(11)15(10)9-13/h1-9,18-19H. The van der Waals surface area contributed by atoms with E-state index in [9.17, 15) is 10.0 Å². The van der Waals surface area contributed by atoms with Crippen LogP contribution in [0.4, 0.5) is 0 Å². The molecule has 0 radical (unpaired) electrons. The molecule has 1 heterocycles. The Hall–Kier alpha value is -2.30. The zero-order valence-electron chi connectivity index (χ0n) is 10.6. The summed E-state index contributed by atoms with van der Waals surface area (Å²) >= 11 is 0. The lowest BCUT2D eigenvalue weighted by molar-refractivity contribution is 0.426. The first-order valence-corrected chi connectivity index (χ1v) is 6.42. The van der Waals surface area contributed by atoms with Crippen molar-refractivity contribution in [2.24, 2.45) is 0 Å². The molecule has 1 aromatic heterocycles. The average molecular weight is 262 g/mol. The molecule has 2 N–H and O–H groups in total. The van der Waals surface area contributed by atoms with Crippen LogP contribution >= 0.6 is 0 Å². The van der Waals surface area contributed by atoms with Crippen molar-refractivity contribution in [2.45, 2.75) is 0 Å². The molecule has 4 heteroatoms. The first kappa shape index (κ1) is 11.5. The minimum absolute atomic E-state index is 0.497. The molecule has 0 saturated heterocycles. The Labute approximate surface area is 115 Å². The van der Waals surface area contributed by atoms with Crippen LogP contribution in [0.25, 0.3) is 32.5 Å². The van der Waals surface area contributed by atoms with Gasteiger partial charge in [-0.05, 0) is 45.2 Å². The zero-order chi connectivity index (χ0) is 13.7. The second-order valence-electron chi connectivity index (χ2n) is 4.95. The van der Waals surface area contributed by atoms with Crippen LogP contribution in [0.3, 0.4) is 0 Å². The highest BCUT2D eigenvalue weighted by molar-refractivity contribution is 6.59. The second kappa shape index (κ2) is 4.10. The Morgan fingerprint density at radius 2 is 1.50 bits per heavy atom. The predicted molar refractivity (Wildman–Crippen MR) is 81.1 cm³/mol. The lowest BCUT2D eigenvalue weighted by atomic mass is 9.79. The minimum Gasteiger partial charge on any atom is -0.464 e. The third kappa shape index (κ3) is 1.63. The molecule has 3 aromatic carbocycles. The van der Waals surface area contributed by atoms with Crippen LogP contribution in [0.5, 0.6) is 0 Å². The monoisotopic (exact) mass is 262 g/mol. The maximum atomic E-state index is 9.33. The number of rotatable bonds is 1. The molecule has 0 bridgehead atoms. The topological polar surface area (TPSA) is 53.6 Å². The highest BCUT2D eigenvalue weighted by atomic mass is 16.4. The Bertz CT molecular complexity index is 940. The highest BCUT2D eigenvalue weighted by Crippen LogP contribution is 2.29. The van der Waals surface area contributed by atoms with E-state index in [-0.39, 0.29) is 0 Å². The molecule has 3 nitrogen and oxygen atoms in total. The van der Waals surface area contributed by atoms with E-state index in [1.54, 1.807) is 12.3 Å². The molecule has 0 spiro atoms. The summed E-state index contributed by atoms with van der Waals surface area (Å²) in [6.45, 7) is 0. The molecule has 0 atom stereocenters. The summed E-state index contributed by atoms with van der Waals surface area (Å²) in [6.07, 6.45) is 1.68. The number of benzene rings is 3. The van der Waals surface area contributed by atoms with Gasteiger partial charge in [0.2, 0.25) is 0 Å². The fourth-order valence-corrected chi connectivity index (χ4v) is 2.69. The van der Waals surface area contributed by atoms with Gasteiger partial charge in [0.1, 0.15) is 5.58 Å².